The van der Waals surface area contributed by atoms with Crippen LogP contribution in [0.2, 0.25) is 5.02 Å². The summed E-state index contributed by atoms with van der Waals surface area (Å²) in [5.41, 5.74) is 1.48. The van der Waals surface area contributed by atoms with Crippen LogP contribution in [0.1, 0.15) is 15.9 Å². The Morgan fingerprint density at radius 3 is 2.47 bits per heavy atom. The predicted octanol–water partition coefficient (Wildman–Crippen LogP) is 7.00. The van der Waals surface area contributed by atoms with Gasteiger partial charge in [0.05, 0.1) is 27.3 Å². The van der Waals surface area contributed by atoms with Crippen LogP contribution in [0.5, 0.6) is 0 Å². The number of hydrogen-bond donors (Lipinski definition) is 2. The molecular formula is C22H15BrClF3N4O. The van der Waals surface area contributed by atoms with Crippen molar-refractivity contribution in [1.29, 1.82) is 0 Å². The lowest BCUT2D eigenvalue weighted by atomic mass is 10.2. The van der Waals surface area contributed by atoms with Gasteiger partial charge in [0.25, 0.3) is 5.91 Å². The summed E-state index contributed by atoms with van der Waals surface area (Å²) in [7, 11) is 1.71. The minimum absolute atomic E-state index is 0.0769. The number of alkyl halides is 3. The van der Waals surface area contributed by atoms with E-state index in [0.29, 0.717) is 22.3 Å². The van der Waals surface area contributed by atoms with Gasteiger partial charge in [-0.05, 0) is 60.7 Å². The SMILES string of the molecule is Cn1c(Nc2cc(C(F)(F)F)ccc2Cl)nc2cc(C(=O)Nc3ccc(Br)cc3)ccc21. The molecule has 4 aromatic rings. The van der Waals surface area contributed by atoms with Crippen molar-refractivity contribution in [2.24, 2.45) is 7.05 Å². The highest BCUT2D eigenvalue weighted by molar-refractivity contribution is 9.10. The molecule has 0 saturated heterocycles. The van der Waals surface area contributed by atoms with Crippen LogP contribution in [-0.2, 0) is 13.2 Å². The third-order valence-electron chi connectivity index (χ3n) is 4.79. The molecule has 0 spiro atoms. The number of anilines is 3. The van der Waals surface area contributed by atoms with Crippen LogP contribution in [0.15, 0.2) is 65.1 Å². The van der Waals surface area contributed by atoms with Crippen LogP contribution in [0.25, 0.3) is 11.0 Å². The van der Waals surface area contributed by atoms with Crippen LogP contribution < -0.4 is 10.6 Å². The highest BCUT2D eigenvalue weighted by atomic mass is 79.9. The van der Waals surface area contributed by atoms with Crippen LogP contribution >= 0.6 is 27.5 Å². The van der Waals surface area contributed by atoms with Gasteiger partial charge in [0.2, 0.25) is 5.95 Å². The van der Waals surface area contributed by atoms with E-state index in [2.05, 4.69) is 31.5 Å². The lowest BCUT2D eigenvalue weighted by molar-refractivity contribution is -0.137. The lowest BCUT2D eigenvalue weighted by Crippen LogP contribution is -2.11. The second-order valence-corrected chi connectivity index (χ2v) is 8.30. The first-order chi connectivity index (χ1) is 15.1. The number of nitrogens with zero attached hydrogens (tertiary/aromatic N) is 2. The highest BCUT2D eigenvalue weighted by Gasteiger charge is 2.31. The Labute approximate surface area is 194 Å². The van der Waals surface area contributed by atoms with Gasteiger partial charge in [-0.25, -0.2) is 4.98 Å². The molecule has 3 aromatic carbocycles. The fourth-order valence-electron chi connectivity index (χ4n) is 3.11. The smallest absolute Gasteiger partial charge is 0.324 e. The lowest BCUT2D eigenvalue weighted by Gasteiger charge is -2.12. The van der Waals surface area contributed by atoms with Gasteiger partial charge in [-0.2, -0.15) is 13.2 Å². The molecular weight excluding hydrogens is 509 g/mol. The zero-order valence-corrected chi connectivity index (χ0v) is 18.8. The van der Waals surface area contributed by atoms with E-state index in [4.69, 9.17) is 11.6 Å². The van der Waals surface area contributed by atoms with Gasteiger partial charge in [0.15, 0.2) is 0 Å². The first kappa shape index (κ1) is 22.2. The monoisotopic (exact) mass is 522 g/mol. The molecule has 0 aliphatic carbocycles. The van der Waals surface area contributed by atoms with Gasteiger partial charge in [0, 0.05) is 22.8 Å². The predicted molar refractivity (Wildman–Crippen MR) is 123 cm³/mol. The average Bonchev–Trinajstić information content (AvgIpc) is 3.05. The van der Waals surface area contributed by atoms with Crippen molar-refractivity contribution in [2.75, 3.05) is 10.6 Å². The molecule has 32 heavy (non-hydrogen) atoms. The van der Waals surface area contributed by atoms with Crippen LogP contribution in [-0.4, -0.2) is 15.5 Å². The van der Waals surface area contributed by atoms with Crippen molar-refractivity contribution in [3.63, 3.8) is 0 Å². The molecule has 0 saturated carbocycles. The van der Waals surface area contributed by atoms with Gasteiger partial charge >= 0.3 is 6.18 Å². The Hall–Kier alpha value is -3.04. The number of benzene rings is 3. The largest absolute Gasteiger partial charge is 0.416 e. The number of carbonyl (C=O) groups excluding carboxylic acids is 1. The van der Waals surface area contributed by atoms with Gasteiger partial charge in [-0.3, -0.25) is 4.79 Å². The fourth-order valence-corrected chi connectivity index (χ4v) is 3.54. The summed E-state index contributed by atoms with van der Waals surface area (Å²) >= 11 is 9.42. The van der Waals surface area contributed by atoms with Crippen LogP contribution in [0, 0.1) is 0 Å². The van der Waals surface area contributed by atoms with E-state index in [-0.39, 0.29) is 22.6 Å². The summed E-state index contributed by atoms with van der Waals surface area (Å²) in [6.07, 6.45) is -4.50. The molecule has 0 aliphatic rings. The summed E-state index contributed by atoms with van der Waals surface area (Å²) in [4.78, 5) is 17.0. The molecule has 4 rings (SSSR count). The maximum absolute atomic E-state index is 13.0. The molecule has 164 valence electrons. The number of fused-ring (bicyclic) bond motifs is 1. The molecule has 1 aromatic heterocycles. The third-order valence-corrected chi connectivity index (χ3v) is 5.64. The number of rotatable bonds is 4. The molecule has 2 N–H and O–H groups in total. The molecule has 0 unspecified atom stereocenters. The third kappa shape index (κ3) is 4.58. The summed E-state index contributed by atoms with van der Waals surface area (Å²) in [6, 6.07) is 15.2. The molecule has 0 bridgehead atoms. The second kappa shape index (κ2) is 8.48. The minimum Gasteiger partial charge on any atom is -0.324 e. The van der Waals surface area contributed by atoms with Crippen molar-refractivity contribution in [3.8, 4) is 0 Å². The first-order valence-corrected chi connectivity index (χ1v) is 10.5. The van der Waals surface area contributed by atoms with E-state index in [1.54, 1.807) is 41.9 Å². The van der Waals surface area contributed by atoms with Crippen LogP contribution in [0.3, 0.4) is 0 Å². The Morgan fingerprint density at radius 2 is 1.78 bits per heavy atom. The number of aryl methyl sites for hydroxylation is 1. The number of imidazole rings is 1. The number of aromatic nitrogens is 2. The summed E-state index contributed by atoms with van der Waals surface area (Å²) in [5.74, 6) is -0.0259. The number of carbonyl (C=O) groups is 1. The normalized spacial score (nSPS) is 11.6. The van der Waals surface area contributed by atoms with E-state index >= 15 is 0 Å². The second-order valence-electron chi connectivity index (χ2n) is 6.98. The molecule has 0 radical (unpaired) electrons. The van der Waals surface area contributed by atoms with Crippen molar-refractivity contribution in [3.05, 3.63) is 81.3 Å². The number of amides is 1. The number of halogens is 5. The molecule has 0 fully saturated rings. The van der Waals surface area contributed by atoms with Gasteiger partial charge < -0.3 is 15.2 Å². The minimum atomic E-state index is -4.50. The molecule has 1 heterocycles. The zero-order valence-electron chi connectivity index (χ0n) is 16.5. The Balaban J connectivity index is 1.62. The summed E-state index contributed by atoms with van der Waals surface area (Å²) < 4.78 is 41.7. The highest BCUT2D eigenvalue weighted by Crippen LogP contribution is 2.35. The standard InChI is InChI=1S/C22H15BrClF3N4O/c1-31-19-9-2-12(20(32)28-15-6-4-14(23)5-7-15)10-18(19)30-21(31)29-17-11-13(22(25,26)27)3-8-16(17)24/h2-11H,1H3,(H,28,32)(H,29,30). The van der Waals surface area contributed by atoms with E-state index in [1.165, 1.54) is 6.07 Å². The number of hydrogen-bond acceptors (Lipinski definition) is 3. The maximum atomic E-state index is 13.0. The summed E-state index contributed by atoms with van der Waals surface area (Å²) in [5, 5.41) is 5.78. The van der Waals surface area contributed by atoms with E-state index < -0.39 is 11.7 Å². The van der Waals surface area contributed by atoms with Crippen molar-refractivity contribution in [2.45, 2.75) is 6.18 Å². The van der Waals surface area contributed by atoms with Crippen molar-refractivity contribution >= 4 is 61.8 Å². The topological polar surface area (TPSA) is 59.0 Å². The fraction of sp³-hybridized carbons (Fsp3) is 0.0909. The Bertz CT molecular complexity index is 1320. The van der Waals surface area contributed by atoms with Gasteiger partial charge in [-0.1, -0.05) is 27.5 Å². The molecule has 0 atom stereocenters. The molecule has 1 amide bonds. The Kier molecular flexibility index (Phi) is 5.87. The molecule has 5 nitrogen and oxygen atoms in total. The zero-order chi connectivity index (χ0) is 23.0. The van der Waals surface area contributed by atoms with Gasteiger partial charge in [-0.15, -0.1) is 0 Å². The molecule has 0 aliphatic heterocycles. The van der Waals surface area contributed by atoms with Gasteiger partial charge in [0.1, 0.15) is 0 Å². The van der Waals surface area contributed by atoms with Crippen LogP contribution in [0.4, 0.5) is 30.5 Å². The maximum Gasteiger partial charge on any atom is 0.416 e. The van der Waals surface area contributed by atoms with E-state index in [9.17, 15) is 18.0 Å². The Morgan fingerprint density at radius 1 is 1.06 bits per heavy atom. The molecule has 10 heteroatoms. The first-order valence-electron chi connectivity index (χ1n) is 9.29. The van der Waals surface area contributed by atoms with Crippen molar-refractivity contribution < 1.29 is 18.0 Å². The average molecular weight is 524 g/mol. The number of nitrogens with one attached hydrogen (secondary N) is 2. The van der Waals surface area contributed by atoms with E-state index in [1.807, 2.05) is 12.1 Å². The van der Waals surface area contributed by atoms with E-state index in [0.717, 1.165) is 16.6 Å². The van der Waals surface area contributed by atoms with Crippen molar-refractivity contribution in [1.82, 2.24) is 9.55 Å². The summed E-state index contributed by atoms with van der Waals surface area (Å²) in [6.45, 7) is 0. The quantitative estimate of drug-likeness (QED) is 0.303.